The van der Waals surface area contributed by atoms with E-state index < -0.39 is 0 Å². The fraction of sp³-hybridized carbons (Fsp3) is 0.273. The van der Waals surface area contributed by atoms with Crippen LogP contribution in [0.1, 0.15) is 24.9 Å². The van der Waals surface area contributed by atoms with E-state index in [-0.39, 0.29) is 11.8 Å². The van der Waals surface area contributed by atoms with E-state index >= 15 is 0 Å². The van der Waals surface area contributed by atoms with Crippen LogP contribution in [-0.2, 0) is 0 Å². The lowest BCUT2D eigenvalue weighted by Crippen LogP contribution is -2.10. The van der Waals surface area contributed by atoms with E-state index in [4.69, 9.17) is 17.3 Å². The summed E-state index contributed by atoms with van der Waals surface area (Å²) in [5.41, 5.74) is 7.59. The van der Waals surface area contributed by atoms with Gasteiger partial charge < -0.3 is 10.8 Å². The fourth-order valence-electron chi connectivity index (χ4n) is 1.34. The summed E-state index contributed by atoms with van der Waals surface area (Å²) in [6, 6.07) is 3.19. The Balaban J connectivity index is 3.05. The molecule has 0 aliphatic rings. The van der Waals surface area contributed by atoms with Crippen molar-refractivity contribution in [3.05, 3.63) is 39.3 Å². The summed E-state index contributed by atoms with van der Waals surface area (Å²) in [5, 5.41) is 10.3. The van der Waals surface area contributed by atoms with E-state index in [2.05, 4.69) is 22.5 Å². The highest BCUT2D eigenvalue weighted by molar-refractivity contribution is 9.10. The summed E-state index contributed by atoms with van der Waals surface area (Å²) in [6.07, 6.45) is 0.641. The summed E-state index contributed by atoms with van der Waals surface area (Å²) in [5.74, 6) is 0.108. The molecule has 1 aromatic carbocycles. The average Bonchev–Trinajstić information content (AvgIpc) is 2.13. The molecule has 0 spiro atoms. The second kappa shape index (κ2) is 5.01. The number of hydrogen-bond donors (Lipinski definition) is 2. The first kappa shape index (κ1) is 12.6. The second-order valence-corrected chi connectivity index (χ2v) is 4.77. The molecule has 82 valence electrons. The average molecular weight is 291 g/mol. The van der Waals surface area contributed by atoms with Crippen LogP contribution in [0.3, 0.4) is 0 Å². The van der Waals surface area contributed by atoms with Gasteiger partial charge in [-0.15, -0.1) is 6.58 Å². The molecule has 0 amide bonds. The highest BCUT2D eigenvalue weighted by Gasteiger charge is 2.15. The summed E-state index contributed by atoms with van der Waals surface area (Å²) in [7, 11) is 0. The van der Waals surface area contributed by atoms with Crippen molar-refractivity contribution in [1.82, 2.24) is 0 Å². The Morgan fingerprint density at radius 1 is 1.67 bits per heavy atom. The van der Waals surface area contributed by atoms with Gasteiger partial charge in [0.1, 0.15) is 5.75 Å². The van der Waals surface area contributed by atoms with Crippen LogP contribution in [0, 0.1) is 0 Å². The zero-order valence-electron chi connectivity index (χ0n) is 8.43. The number of benzene rings is 1. The lowest BCUT2D eigenvalue weighted by atomic mass is 10.0. The van der Waals surface area contributed by atoms with Gasteiger partial charge in [-0.1, -0.05) is 23.2 Å². The number of aromatic hydroxyl groups is 1. The van der Waals surface area contributed by atoms with Gasteiger partial charge >= 0.3 is 0 Å². The molecule has 0 radical (unpaired) electrons. The van der Waals surface area contributed by atoms with Crippen molar-refractivity contribution in [2.24, 2.45) is 5.73 Å². The maximum Gasteiger partial charge on any atom is 0.136 e. The molecule has 2 nitrogen and oxygen atoms in total. The lowest BCUT2D eigenvalue weighted by molar-refractivity contribution is 0.458. The maximum atomic E-state index is 9.82. The van der Waals surface area contributed by atoms with Crippen molar-refractivity contribution in [3.8, 4) is 5.75 Å². The standard InChI is InChI=1S/C11H13BrClNO/c1-6(2)5-9(14)7-3-4-8(13)10(12)11(7)15/h3-4,9,15H,1,5,14H2,2H3/t9-/m0/s1. The third kappa shape index (κ3) is 2.97. The van der Waals surface area contributed by atoms with Crippen molar-refractivity contribution in [2.75, 3.05) is 0 Å². The van der Waals surface area contributed by atoms with Crippen LogP contribution in [0.15, 0.2) is 28.8 Å². The summed E-state index contributed by atoms with van der Waals surface area (Å²) < 4.78 is 0.485. The Kier molecular flexibility index (Phi) is 4.20. The molecule has 15 heavy (non-hydrogen) atoms. The van der Waals surface area contributed by atoms with Crippen molar-refractivity contribution >= 4 is 27.5 Å². The largest absolute Gasteiger partial charge is 0.506 e. The molecule has 0 aliphatic carbocycles. The number of phenols is 1. The Morgan fingerprint density at radius 3 is 2.80 bits per heavy atom. The van der Waals surface area contributed by atoms with Gasteiger partial charge in [0.25, 0.3) is 0 Å². The summed E-state index contributed by atoms with van der Waals surface area (Å²) >= 11 is 9.04. The van der Waals surface area contributed by atoms with Crippen molar-refractivity contribution in [2.45, 2.75) is 19.4 Å². The molecule has 1 rings (SSSR count). The molecule has 0 heterocycles. The predicted molar refractivity (Wildman–Crippen MR) is 67.2 cm³/mol. The lowest BCUT2D eigenvalue weighted by Gasteiger charge is -2.14. The predicted octanol–water partition coefficient (Wildman–Crippen LogP) is 3.77. The topological polar surface area (TPSA) is 46.2 Å². The van der Waals surface area contributed by atoms with E-state index in [1.54, 1.807) is 12.1 Å². The van der Waals surface area contributed by atoms with Crippen molar-refractivity contribution < 1.29 is 5.11 Å². The number of rotatable bonds is 3. The molecule has 1 aromatic rings. The zero-order chi connectivity index (χ0) is 11.6. The second-order valence-electron chi connectivity index (χ2n) is 3.57. The highest BCUT2D eigenvalue weighted by Crippen LogP contribution is 2.37. The molecule has 0 fully saturated rings. The van der Waals surface area contributed by atoms with Gasteiger partial charge in [0.2, 0.25) is 0 Å². The zero-order valence-corrected chi connectivity index (χ0v) is 10.8. The molecule has 4 heteroatoms. The Morgan fingerprint density at radius 2 is 2.27 bits per heavy atom. The Bertz CT molecular complexity index is 392. The van der Waals surface area contributed by atoms with Crippen molar-refractivity contribution in [3.63, 3.8) is 0 Å². The third-order valence-electron chi connectivity index (χ3n) is 2.07. The molecule has 0 aromatic heterocycles. The number of nitrogens with two attached hydrogens (primary N) is 1. The van der Waals surface area contributed by atoms with Crippen LogP contribution in [-0.4, -0.2) is 5.11 Å². The van der Waals surface area contributed by atoms with E-state index in [1.807, 2.05) is 6.92 Å². The third-order valence-corrected chi connectivity index (χ3v) is 3.41. The summed E-state index contributed by atoms with van der Waals surface area (Å²) in [6.45, 7) is 5.70. The van der Waals surface area contributed by atoms with Crippen LogP contribution in [0.5, 0.6) is 5.75 Å². The minimum atomic E-state index is -0.254. The first-order valence-corrected chi connectivity index (χ1v) is 5.67. The molecular formula is C11H13BrClNO. The molecule has 1 atom stereocenters. The molecule has 0 aliphatic heterocycles. The number of hydrogen-bond acceptors (Lipinski definition) is 2. The van der Waals surface area contributed by atoms with Gasteiger partial charge in [0, 0.05) is 11.6 Å². The van der Waals surface area contributed by atoms with Crippen LogP contribution in [0.25, 0.3) is 0 Å². The molecule has 0 unspecified atom stereocenters. The quantitative estimate of drug-likeness (QED) is 0.832. The Labute approximate surface area is 103 Å². The van der Waals surface area contributed by atoms with E-state index in [0.717, 1.165) is 5.57 Å². The normalized spacial score (nSPS) is 12.5. The number of halogens is 2. The van der Waals surface area contributed by atoms with Crippen LogP contribution in [0.2, 0.25) is 5.02 Å². The van der Waals surface area contributed by atoms with Crippen LogP contribution in [0.4, 0.5) is 0 Å². The van der Waals surface area contributed by atoms with Gasteiger partial charge in [-0.25, -0.2) is 0 Å². The SMILES string of the molecule is C=C(C)C[C@H](N)c1ccc(Cl)c(Br)c1O. The van der Waals surface area contributed by atoms with Crippen molar-refractivity contribution in [1.29, 1.82) is 0 Å². The Hall–Kier alpha value is -0.510. The van der Waals surface area contributed by atoms with E-state index in [9.17, 15) is 5.11 Å². The first-order valence-electron chi connectivity index (χ1n) is 4.50. The van der Waals surface area contributed by atoms with Gasteiger partial charge in [-0.3, -0.25) is 0 Å². The van der Waals surface area contributed by atoms with Crippen LogP contribution < -0.4 is 5.73 Å². The van der Waals surface area contributed by atoms with Crippen LogP contribution >= 0.6 is 27.5 Å². The number of phenolic OH excluding ortho intramolecular Hbond substituents is 1. The van der Waals surface area contributed by atoms with E-state index in [1.165, 1.54) is 0 Å². The maximum absolute atomic E-state index is 9.82. The fourth-order valence-corrected chi connectivity index (χ4v) is 1.85. The molecule has 0 saturated heterocycles. The summed E-state index contributed by atoms with van der Waals surface area (Å²) in [4.78, 5) is 0. The minimum absolute atomic E-state index is 0.108. The highest BCUT2D eigenvalue weighted by atomic mass is 79.9. The monoisotopic (exact) mass is 289 g/mol. The van der Waals surface area contributed by atoms with Gasteiger partial charge in [-0.2, -0.15) is 0 Å². The van der Waals surface area contributed by atoms with Gasteiger partial charge in [0.15, 0.2) is 0 Å². The smallest absolute Gasteiger partial charge is 0.136 e. The molecule has 0 saturated carbocycles. The van der Waals surface area contributed by atoms with Gasteiger partial charge in [0.05, 0.1) is 9.50 Å². The molecule has 3 N–H and O–H groups in total. The minimum Gasteiger partial charge on any atom is -0.506 e. The molecule has 0 bridgehead atoms. The van der Waals surface area contributed by atoms with Gasteiger partial charge in [-0.05, 0) is 35.3 Å². The molecular weight excluding hydrogens is 277 g/mol. The first-order chi connectivity index (χ1) is 6.93. The van der Waals surface area contributed by atoms with E-state index in [0.29, 0.717) is 21.5 Å².